The van der Waals surface area contributed by atoms with Gasteiger partial charge in [-0.3, -0.25) is 10.2 Å². The number of carbonyl (C=O) groups is 1. The summed E-state index contributed by atoms with van der Waals surface area (Å²) < 4.78 is 31.9. The van der Waals surface area contributed by atoms with Crippen molar-refractivity contribution in [1.82, 2.24) is 4.90 Å². The monoisotopic (exact) mass is 549 g/mol. The molecule has 10 heteroatoms. The number of rotatable bonds is 8. The fourth-order valence-electron chi connectivity index (χ4n) is 4.82. The van der Waals surface area contributed by atoms with E-state index in [2.05, 4.69) is 0 Å². The van der Waals surface area contributed by atoms with E-state index in [1.807, 2.05) is 32.6 Å². The van der Waals surface area contributed by atoms with Gasteiger partial charge in [-0.05, 0) is 43.0 Å². The van der Waals surface area contributed by atoms with E-state index in [4.69, 9.17) is 19.6 Å². The first-order valence-corrected chi connectivity index (χ1v) is 12.7. The van der Waals surface area contributed by atoms with Crippen molar-refractivity contribution in [2.45, 2.75) is 46.6 Å². The molecule has 0 atom stereocenters. The third-order valence-corrected chi connectivity index (χ3v) is 6.68. The maximum atomic E-state index is 15.4. The number of morpholine rings is 1. The Balaban J connectivity index is 0.00000400. The Hall–Kier alpha value is -3.04. The molecule has 0 aliphatic carbocycles. The lowest BCUT2D eigenvalue weighted by Gasteiger charge is -2.32. The number of hydrogen-bond donors (Lipinski definition) is 2. The van der Waals surface area contributed by atoms with Gasteiger partial charge in [-0.15, -0.1) is 12.4 Å². The normalized spacial score (nSPS) is 15.3. The van der Waals surface area contributed by atoms with Crippen LogP contribution in [0.25, 0.3) is 0 Å². The Labute approximate surface area is 229 Å². The quantitative estimate of drug-likeness (QED) is 0.452. The van der Waals surface area contributed by atoms with Crippen LogP contribution < -0.4 is 14.4 Å². The minimum absolute atomic E-state index is 0. The SMILES string of the molecule is CCOc1cc2c(c(F)c1OCC)C(=N)N(CC(=O)c1cc(N3CCOCC3)c(O)c(C(C)(C)C)c1)C2.Cl. The summed E-state index contributed by atoms with van der Waals surface area (Å²) in [5, 5.41) is 19.7. The van der Waals surface area contributed by atoms with Crippen LogP contribution in [0, 0.1) is 11.2 Å². The van der Waals surface area contributed by atoms with Crippen LogP contribution in [0.3, 0.4) is 0 Å². The predicted molar refractivity (Wildman–Crippen MR) is 147 cm³/mol. The van der Waals surface area contributed by atoms with Crippen molar-refractivity contribution in [2.24, 2.45) is 0 Å². The second kappa shape index (κ2) is 11.8. The lowest BCUT2D eigenvalue weighted by Crippen LogP contribution is -2.37. The number of nitrogens with zero attached hydrogens (tertiary/aromatic N) is 2. The Morgan fingerprint density at radius 3 is 2.39 bits per heavy atom. The summed E-state index contributed by atoms with van der Waals surface area (Å²) in [6.07, 6.45) is 0. The van der Waals surface area contributed by atoms with Gasteiger partial charge in [0.05, 0.1) is 44.2 Å². The number of anilines is 1. The summed E-state index contributed by atoms with van der Waals surface area (Å²) in [7, 11) is 0. The third kappa shape index (κ3) is 5.68. The number of Topliss-reactive ketones (excluding diaryl/α,β-unsaturated/α-hetero) is 1. The molecule has 0 aromatic heterocycles. The number of benzene rings is 2. The number of ether oxygens (including phenoxy) is 3. The number of phenolic OH excluding ortho intramolecular Hbond substituents is 1. The van der Waals surface area contributed by atoms with Crippen molar-refractivity contribution in [3.05, 3.63) is 46.3 Å². The van der Waals surface area contributed by atoms with E-state index in [0.717, 1.165) is 0 Å². The zero-order valence-corrected chi connectivity index (χ0v) is 23.5. The van der Waals surface area contributed by atoms with Crippen molar-refractivity contribution in [3.8, 4) is 17.2 Å². The number of fused-ring (bicyclic) bond motifs is 1. The van der Waals surface area contributed by atoms with E-state index in [1.54, 1.807) is 30.0 Å². The number of ketones is 1. The molecule has 0 radical (unpaired) electrons. The van der Waals surface area contributed by atoms with Crippen LogP contribution in [0.15, 0.2) is 18.2 Å². The van der Waals surface area contributed by atoms with Gasteiger partial charge in [0.25, 0.3) is 0 Å². The Bertz CT molecular complexity index is 1210. The van der Waals surface area contributed by atoms with Crippen molar-refractivity contribution in [1.29, 1.82) is 5.41 Å². The largest absolute Gasteiger partial charge is 0.505 e. The highest BCUT2D eigenvalue weighted by molar-refractivity contribution is 6.06. The van der Waals surface area contributed by atoms with Gasteiger partial charge in [-0.1, -0.05) is 20.8 Å². The molecule has 38 heavy (non-hydrogen) atoms. The van der Waals surface area contributed by atoms with E-state index in [-0.39, 0.29) is 60.8 Å². The highest BCUT2D eigenvalue weighted by Crippen LogP contribution is 2.41. The molecule has 2 heterocycles. The van der Waals surface area contributed by atoms with Crippen LogP contribution >= 0.6 is 12.4 Å². The van der Waals surface area contributed by atoms with Gasteiger partial charge in [0, 0.05) is 30.8 Å². The lowest BCUT2D eigenvalue weighted by atomic mass is 9.84. The molecule has 2 N–H and O–H groups in total. The maximum Gasteiger partial charge on any atom is 0.197 e. The van der Waals surface area contributed by atoms with Crippen LogP contribution in [0.5, 0.6) is 17.2 Å². The summed E-state index contributed by atoms with van der Waals surface area (Å²) >= 11 is 0. The molecular weight excluding hydrogens is 513 g/mol. The van der Waals surface area contributed by atoms with E-state index >= 15 is 4.39 Å². The number of halogens is 2. The second-order valence-corrected chi connectivity index (χ2v) is 10.3. The number of amidine groups is 1. The molecule has 2 aromatic carbocycles. The molecule has 0 saturated carbocycles. The summed E-state index contributed by atoms with van der Waals surface area (Å²) in [4.78, 5) is 17.1. The second-order valence-electron chi connectivity index (χ2n) is 10.3. The molecule has 4 rings (SSSR count). The third-order valence-electron chi connectivity index (χ3n) is 6.68. The van der Waals surface area contributed by atoms with Crippen molar-refractivity contribution in [2.75, 3.05) is 51.0 Å². The van der Waals surface area contributed by atoms with E-state index in [1.165, 1.54) is 0 Å². The lowest BCUT2D eigenvalue weighted by molar-refractivity contribution is 0.0962. The highest BCUT2D eigenvalue weighted by atomic mass is 35.5. The Morgan fingerprint density at radius 2 is 1.79 bits per heavy atom. The van der Waals surface area contributed by atoms with Crippen LogP contribution in [-0.2, 0) is 16.7 Å². The molecule has 2 aliphatic heterocycles. The number of nitrogens with one attached hydrogen (secondary N) is 1. The number of aromatic hydroxyl groups is 1. The molecule has 0 unspecified atom stereocenters. The minimum Gasteiger partial charge on any atom is -0.505 e. The van der Waals surface area contributed by atoms with Gasteiger partial charge < -0.3 is 29.1 Å². The number of hydrogen-bond acceptors (Lipinski definition) is 7. The van der Waals surface area contributed by atoms with Crippen molar-refractivity contribution in [3.63, 3.8) is 0 Å². The summed E-state index contributed by atoms with van der Waals surface area (Å²) in [5.41, 5.74) is 2.04. The topological polar surface area (TPSA) is 95.3 Å². The molecule has 8 nitrogen and oxygen atoms in total. The molecule has 0 spiro atoms. The zero-order valence-electron chi connectivity index (χ0n) is 22.6. The van der Waals surface area contributed by atoms with Crippen molar-refractivity contribution >= 4 is 29.7 Å². The first-order chi connectivity index (χ1) is 17.6. The smallest absolute Gasteiger partial charge is 0.197 e. The van der Waals surface area contributed by atoms with Gasteiger partial charge in [0.15, 0.2) is 23.1 Å². The summed E-state index contributed by atoms with van der Waals surface area (Å²) in [6.45, 7) is 12.6. The Morgan fingerprint density at radius 1 is 1.13 bits per heavy atom. The summed E-state index contributed by atoms with van der Waals surface area (Å²) in [5.74, 6) is -0.464. The molecule has 0 bridgehead atoms. The molecule has 2 aliphatic rings. The summed E-state index contributed by atoms with van der Waals surface area (Å²) in [6, 6.07) is 5.14. The van der Waals surface area contributed by atoms with Gasteiger partial charge >= 0.3 is 0 Å². The molecular formula is C28H37ClFN3O5. The van der Waals surface area contributed by atoms with Crippen LogP contribution in [-0.4, -0.2) is 67.7 Å². The van der Waals surface area contributed by atoms with Gasteiger partial charge in [0.1, 0.15) is 11.6 Å². The molecule has 208 valence electrons. The molecule has 1 saturated heterocycles. The standard InChI is InChI=1S/C28H36FN3O5.ClH/c1-6-36-22-14-18-15-32(27(30)23(18)24(29)26(22)37-7-2)16-21(33)17-12-19(28(3,4)5)25(34)20(13-17)31-8-10-35-11-9-31;/h12-14,30,34H,6-11,15-16H2,1-5H3;1H. The fraction of sp³-hybridized carbons (Fsp3) is 0.500. The fourth-order valence-corrected chi connectivity index (χ4v) is 4.82. The van der Waals surface area contributed by atoms with Gasteiger partial charge in [-0.2, -0.15) is 0 Å². The number of phenols is 1. The zero-order chi connectivity index (χ0) is 26.9. The average Bonchev–Trinajstić information content (AvgIpc) is 3.16. The highest BCUT2D eigenvalue weighted by Gasteiger charge is 2.34. The molecule has 1 fully saturated rings. The van der Waals surface area contributed by atoms with Crippen LogP contribution in [0.2, 0.25) is 0 Å². The minimum atomic E-state index is -0.642. The maximum absolute atomic E-state index is 15.4. The first-order valence-electron chi connectivity index (χ1n) is 12.7. The molecule has 2 aromatic rings. The van der Waals surface area contributed by atoms with Gasteiger partial charge in [0.2, 0.25) is 0 Å². The Kier molecular flexibility index (Phi) is 9.15. The van der Waals surface area contributed by atoms with E-state index in [9.17, 15) is 9.90 Å². The van der Waals surface area contributed by atoms with Crippen molar-refractivity contribution < 1.29 is 28.5 Å². The van der Waals surface area contributed by atoms with E-state index < -0.39 is 11.2 Å². The predicted octanol–water partition coefficient (Wildman–Crippen LogP) is 4.91. The van der Waals surface area contributed by atoms with Gasteiger partial charge in [-0.25, -0.2) is 4.39 Å². The van der Waals surface area contributed by atoms with Crippen LogP contribution in [0.1, 0.15) is 61.7 Å². The molecule has 0 amide bonds. The number of carbonyl (C=O) groups excluding carboxylic acids is 1. The average molecular weight is 550 g/mol. The van der Waals surface area contributed by atoms with E-state index in [0.29, 0.717) is 61.0 Å². The van der Waals surface area contributed by atoms with Crippen LogP contribution in [0.4, 0.5) is 10.1 Å². The first kappa shape index (κ1) is 29.5.